The molecule has 0 radical (unpaired) electrons. The van der Waals surface area contributed by atoms with Gasteiger partial charge in [0, 0.05) is 44.0 Å². The van der Waals surface area contributed by atoms with Crippen LogP contribution in [-0.4, -0.2) is 63.6 Å². The summed E-state index contributed by atoms with van der Waals surface area (Å²) in [7, 11) is 1.26. The molecule has 0 spiro atoms. The summed E-state index contributed by atoms with van der Waals surface area (Å²) in [4.78, 5) is 30.2. The van der Waals surface area contributed by atoms with E-state index >= 15 is 0 Å². The van der Waals surface area contributed by atoms with Crippen LogP contribution in [0.1, 0.15) is 55.5 Å². The second-order valence-corrected chi connectivity index (χ2v) is 14.3. The van der Waals surface area contributed by atoms with Crippen LogP contribution in [0.25, 0.3) is 11.1 Å². The van der Waals surface area contributed by atoms with Crippen molar-refractivity contribution < 1.29 is 24.5 Å². The summed E-state index contributed by atoms with van der Waals surface area (Å²) < 4.78 is 4.82. The fourth-order valence-corrected chi connectivity index (χ4v) is 6.48. The Bertz CT molecular complexity index is 1780. The van der Waals surface area contributed by atoms with Gasteiger partial charge in [0.2, 0.25) is 0 Å². The molecule has 1 aliphatic rings. The second kappa shape index (κ2) is 16.3. The minimum absolute atomic E-state index is 0.179. The Morgan fingerprint density at radius 2 is 1.59 bits per heavy atom. The van der Waals surface area contributed by atoms with E-state index < -0.39 is 41.2 Å². The van der Waals surface area contributed by atoms with Crippen LogP contribution in [0.3, 0.4) is 0 Å². The monoisotopic (exact) mass is 691 g/mol. The Morgan fingerprint density at radius 3 is 2.25 bits per heavy atom. The van der Waals surface area contributed by atoms with Gasteiger partial charge in [-0.25, -0.2) is 9.80 Å². The molecule has 1 aliphatic carbocycles. The molecule has 51 heavy (non-hydrogen) atoms. The third kappa shape index (κ3) is 9.61. The van der Waals surface area contributed by atoms with E-state index in [9.17, 15) is 19.8 Å². The summed E-state index contributed by atoms with van der Waals surface area (Å²) in [6.07, 6.45) is 3.05. The van der Waals surface area contributed by atoms with Crippen molar-refractivity contribution in [1.82, 2.24) is 26.1 Å². The van der Waals surface area contributed by atoms with Crippen LogP contribution >= 0.6 is 0 Å². The number of pyridine rings is 1. The first-order chi connectivity index (χ1) is 24.4. The number of alkyl carbamates (subject to hydrolysis) is 1. The van der Waals surface area contributed by atoms with E-state index in [0.717, 1.165) is 33.4 Å². The van der Waals surface area contributed by atoms with Gasteiger partial charge in [0.1, 0.15) is 11.6 Å². The van der Waals surface area contributed by atoms with Crippen molar-refractivity contribution in [1.29, 1.82) is 0 Å². The van der Waals surface area contributed by atoms with Crippen LogP contribution < -0.4 is 16.1 Å². The molecule has 5 rings (SSSR count). The number of rotatable bonds is 14. The standard InChI is InChI=1S/C41H49N5O5/c1-28(43-36-34-14-10-9-13-33(34)25-35(36)47)41(50,26-29-11-7-6-8-12-29)21-24-46(45-38(48)37(40(2,3)4)44-39(49)51-5)27-30-15-17-31(18-16-30)32-19-22-42-23-20-32/h6-20,22-23,35-37,43,47,50H,1,21,24-27H2,2-5H3,(H,44,49)(H,45,48)/t35-,36?,37-,41-/m1/s1. The van der Waals surface area contributed by atoms with E-state index in [1.807, 2.05) is 112 Å². The Labute approximate surface area is 300 Å². The Balaban J connectivity index is 1.41. The molecule has 3 aromatic carbocycles. The van der Waals surface area contributed by atoms with Gasteiger partial charge in [-0.3, -0.25) is 15.2 Å². The summed E-state index contributed by atoms with van der Waals surface area (Å²) in [5.74, 6) is -0.421. The first-order valence-electron chi connectivity index (χ1n) is 17.2. The molecule has 0 bridgehead atoms. The van der Waals surface area contributed by atoms with Gasteiger partial charge in [0.25, 0.3) is 5.91 Å². The molecule has 1 aromatic heterocycles. The summed E-state index contributed by atoms with van der Waals surface area (Å²) in [5, 5.41) is 31.3. The molecule has 268 valence electrons. The van der Waals surface area contributed by atoms with Crippen LogP contribution in [0, 0.1) is 5.41 Å². The van der Waals surface area contributed by atoms with Crippen molar-refractivity contribution in [2.75, 3.05) is 13.7 Å². The number of hydrogen-bond donors (Lipinski definition) is 5. The number of amides is 2. The van der Waals surface area contributed by atoms with E-state index in [1.165, 1.54) is 7.11 Å². The lowest BCUT2D eigenvalue weighted by atomic mass is 9.86. The highest BCUT2D eigenvalue weighted by Crippen LogP contribution is 2.34. The largest absolute Gasteiger partial charge is 0.453 e. The van der Waals surface area contributed by atoms with Crippen LogP contribution in [-0.2, 0) is 28.9 Å². The Kier molecular flexibility index (Phi) is 11.9. The first-order valence-corrected chi connectivity index (χ1v) is 17.2. The summed E-state index contributed by atoms with van der Waals surface area (Å²) in [6.45, 7) is 10.4. The highest BCUT2D eigenvalue weighted by molar-refractivity contribution is 5.86. The van der Waals surface area contributed by atoms with Crippen LogP contribution in [0.15, 0.2) is 116 Å². The molecule has 4 atom stereocenters. The predicted molar refractivity (Wildman–Crippen MR) is 198 cm³/mol. The second-order valence-electron chi connectivity index (χ2n) is 14.3. The molecule has 4 aromatic rings. The number of aliphatic hydroxyl groups is 2. The number of aromatic nitrogens is 1. The van der Waals surface area contributed by atoms with Gasteiger partial charge >= 0.3 is 6.09 Å². The average Bonchev–Trinajstić information content (AvgIpc) is 3.44. The Morgan fingerprint density at radius 1 is 0.941 bits per heavy atom. The highest BCUT2D eigenvalue weighted by atomic mass is 16.5. The summed E-state index contributed by atoms with van der Waals surface area (Å²) in [6, 6.07) is 28.1. The van der Waals surface area contributed by atoms with E-state index in [-0.39, 0.29) is 19.4 Å². The van der Waals surface area contributed by atoms with E-state index in [4.69, 9.17) is 4.74 Å². The zero-order valence-corrected chi connectivity index (χ0v) is 29.8. The first kappa shape index (κ1) is 37.2. The maximum atomic E-state index is 13.9. The van der Waals surface area contributed by atoms with Gasteiger partial charge in [-0.2, -0.15) is 0 Å². The van der Waals surface area contributed by atoms with E-state index in [0.29, 0.717) is 18.7 Å². The Hall–Kier alpha value is -5.03. The van der Waals surface area contributed by atoms with Crippen molar-refractivity contribution in [2.45, 2.75) is 70.4 Å². The number of ether oxygens (including phenoxy) is 1. The van der Waals surface area contributed by atoms with Gasteiger partial charge < -0.3 is 25.6 Å². The molecule has 2 amide bonds. The van der Waals surface area contributed by atoms with E-state index in [1.54, 1.807) is 17.4 Å². The number of hydrazine groups is 1. The maximum Gasteiger partial charge on any atom is 0.407 e. The number of methoxy groups -OCH3 is 1. The van der Waals surface area contributed by atoms with Crippen molar-refractivity contribution in [3.8, 4) is 11.1 Å². The van der Waals surface area contributed by atoms with Gasteiger partial charge in [-0.1, -0.05) is 106 Å². The van der Waals surface area contributed by atoms with Crippen molar-refractivity contribution in [2.24, 2.45) is 5.41 Å². The number of aliphatic hydroxyl groups excluding tert-OH is 1. The molecule has 5 N–H and O–H groups in total. The van der Waals surface area contributed by atoms with Gasteiger partial charge in [-0.05, 0) is 57.3 Å². The number of nitrogens with zero attached hydrogens (tertiary/aromatic N) is 2. The van der Waals surface area contributed by atoms with E-state index in [2.05, 4.69) is 27.6 Å². The minimum Gasteiger partial charge on any atom is -0.453 e. The van der Waals surface area contributed by atoms with Gasteiger partial charge in [-0.15, -0.1) is 0 Å². The lowest BCUT2D eigenvalue weighted by Gasteiger charge is -2.37. The number of nitrogens with one attached hydrogen (secondary N) is 3. The number of fused-ring (bicyclic) bond motifs is 1. The third-order valence-corrected chi connectivity index (χ3v) is 9.42. The zero-order valence-electron chi connectivity index (χ0n) is 29.8. The fraction of sp³-hybridized carbons (Fsp3) is 0.341. The van der Waals surface area contributed by atoms with Crippen molar-refractivity contribution in [3.63, 3.8) is 0 Å². The van der Waals surface area contributed by atoms with Gasteiger partial charge in [0.05, 0.1) is 19.3 Å². The molecule has 1 heterocycles. The number of hydrogen-bond acceptors (Lipinski definition) is 8. The molecule has 0 saturated heterocycles. The van der Waals surface area contributed by atoms with Crippen molar-refractivity contribution in [3.05, 3.63) is 138 Å². The molecule has 1 unspecified atom stereocenters. The molecule has 0 aliphatic heterocycles. The number of carbonyl (C=O) groups excluding carboxylic acids is 2. The lowest BCUT2D eigenvalue weighted by molar-refractivity contribution is -0.131. The fourth-order valence-electron chi connectivity index (χ4n) is 6.48. The topological polar surface area (TPSA) is 136 Å². The normalized spacial score (nSPS) is 17.2. The van der Waals surface area contributed by atoms with Gasteiger partial charge in [0.15, 0.2) is 0 Å². The quantitative estimate of drug-likeness (QED) is 0.110. The molecular weight excluding hydrogens is 642 g/mol. The SMILES string of the molecule is C=C(NC1c2ccccc2C[C@H]1O)[C@@](O)(CCN(Cc1ccc(-c2ccncc2)cc1)NC(=O)[C@@H](NC(=O)OC)C(C)(C)C)Cc1ccccc1. The average molecular weight is 692 g/mol. The highest BCUT2D eigenvalue weighted by Gasteiger charge is 2.38. The van der Waals surface area contributed by atoms with Crippen LogP contribution in [0.2, 0.25) is 0 Å². The summed E-state index contributed by atoms with van der Waals surface area (Å²) >= 11 is 0. The molecule has 10 heteroatoms. The molecule has 10 nitrogen and oxygen atoms in total. The molecular formula is C41H49N5O5. The third-order valence-electron chi connectivity index (χ3n) is 9.42. The molecule has 0 saturated carbocycles. The predicted octanol–water partition coefficient (Wildman–Crippen LogP) is 5.48. The lowest BCUT2D eigenvalue weighted by Crippen LogP contribution is -2.57. The van der Waals surface area contributed by atoms with Crippen molar-refractivity contribution >= 4 is 12.0 Å². The summed E-state index contributed by atoms with van der Waals surface area (Å²) in [5.41, 5.74) is 7.23. The zero-order chi connectivity index (χ0) is 36.6. The minimum atomic E-state index is -1.47. The van der Waals surface area contributed by atoms with Crippen LogP contribution in [0.4, 0.5) is 4.79 Å². The molecule has 0 fully saturated rings. The number of carbonyl (C=O) groups is 2. The maximum absolute atomic E-state index is 13.9. The smallest absolute Gasteiger partial charge is 0.407 e. The number of benzene rings is 3. The van der Waals surface area contributed by atoms with Crippen LogP contribution in [0.5, 0.6) is 0 Å².